The maximum Gasteiger partial charge on any atom is 0.254 e. The van der Waals surface area contributed by atoms with E-state index in [2.05, 4.69) is 20.6 Å². The van der Waals surface area contributed by atoms with Gasteiger partial charge in [0.25, 0.3) is 5.56 Å². The number of hydrogen-bond donors (Lipinski definition) is 1. The zero-order valence-electron chi connectivity index (χ0n) is 20.9. The van der Waals surface area contributed by atoms with E-state index in [1.807, 2.05) is 54.6 Å². The van der Waals surface area contributed by atoms with Crippen molar-refractivity contribution in [3.05, 3.63) is 123 Å². The van der Waals surface area contributed by atoms with Crippen LogP contribution >= 0.6 is 23.2 Å². The molecule has 9 nitrogen and oxygen atoms in total. The Labute approximate surface area is 239 Å². The minimum atomic E-state index is -0.850. The van der Waals surface area contributed by atoms with Gasteiger partial charge in [-0.3, -0.25) is 14.2 Å². The molecule has 2 atom stereocenters. The maximum absolute atomic E-state index is 13.7. The van der Waals surface area contributed by atoms with Gasteiger partial charge in [-0.15, -0.1) is 5.10 Å². The van der Waals surface area contributed by atoms with Gasteiger partial charge in [-0.2, -0.15) is 0 Å². The molecule has 200 valence electrons. The minimum Gasteiger partial charge on any atom is -0.491 e. The number of aromatic nitrogens is 5. The summed E-state index contributed by atoms with van der Waals surface area (Å²) in [4.78, 5) is 31.8. The summed E-state index contributed by atoms with van der Waals surface area (Å²) in [5.74, 6) is 0.424. The number of fused-ring (bicyclic) bond motifs is 1. The van der Waals surface area contributed by atoms with Gasteiger partial charge in [-0.1, -0.05) is 76.9 Å². The van der Waals surface area contributed by atoms with Crippen LogP contribution in [0.2, 0.25) is 10.2 Å². The third kappa shape index (κ3) is 5.21. The van der Waals surface area contributed by atoms with Crippen molar-refractivity contribution in [1.82, 2.24) is 29.9 Å². The molecule has 2 unspecified atom stereocenters. The highest BCUT2D eigenvalue weighted by Gasteiger charge is 2.30. The van der Waals surface area contributed by atoms with Crippen LogP contribution in [0.3, 0.4) is 0 Å². The topological polar surface area (TPSA) is 104 Å². The van der Waals surface area contributed by atoms with E-state index in [1.165, 1.54) is 21.6 Å². The molecule has 2 aromatic heterocycles. The van der Waals surface area contributed by atoms with Gasteiger partial charge < -0.3 is 10.1 Å². The Morgan fingerprint density at radius 3 is 2.62 bits per heavy atom. The summed E-state index contributed by atoms with van der Waals surface area (Å²) < 4.78 is 8.57. The summed E-state index contributed by atoms with van der Waals surface area (Å²) in [6.07, 6.45) is 3.23. The number of amides is 1. The van der Waals surface area contributed by atoms with Crippen molar-refractivity contribution >= 4 is 29.1 Å². The van der Waals surface area contributed by atoms with E-state index in [-0.39, 0.29) is 17.1 Å². The number of carbonyl (C=O) groups excluding carboxylic acids is 1. The number of para-hydroxylation sites is 1. The number of nitrogens with one attached hydrogen (secondary N) is 1. The maximum atomic E-state index is 13.7. The predicted octanol–water partition coefficient (Wildman–Crippen LogP) is 4.83. The van der Waals surface area contributed by atoms with Gasteiger partial charge in [0, 0.05) is 28.6 Å². The summed E-state index contributed by atoms with van der Waals surface area (Å²) in [6, 6.07) is 22.4. The number of rotatable bonds is 7. The van der Waals surface area contributed by atoms with E-state index < -0.39 is 11.6 Å². The SMILES string of the molecule is O=C(NC1COc2ccccc21)C(Cc1ccccc1)n1cnc(-c2cc(Cl)ccc2-n2cc(Cl)nn2)cc1=O. The molecule has 5 aromatic rings. The van der Waals surface area contributed by atoms with Gasteiger partial charge in [0.15, 0.2) is 5.15 Å². The van der Waals surface area contributed by atoms with Crippen molar-refractivity contribution in [3.8, 4) is 22.7 Å². The molecule has 0 fully saturated rings. The first kappa shape index (κ1) is 25.8. The fourth-order valence-corrected chi connectivity index (χ4v) is 5.07. The molecule has 1 amide bonds. The monoisotopic (exact) mass is 572 g/mol. The second-order valence-electron chi connectivity index (χ2n) is 9.28. The Morgan fingerprint density at radius 1 is 1.05 bits per heavy atom. The highest BCUT2D eigenvalue weighted by molar-refractivity contribution is 6.31. The van der Waals surface area contributed by atoms with Gasteiger partial charge >= 0.3 is 0 Å². The van der Waals surface area contributed by atoms with Gasteiger partial charge in [0.1, 0.15) is 18.4 Å². The van der Waals surface area contributed by atoms with Crippen molar-refractivity contribution in [1.29, 1.82) is 0 Å². The molecule has 6 rings (SSSR count). The molecule has 3 aromatic carbocycles. The van der Waals surface area contributed by atoms with Crippen molar-refractivity contribution in [2.45, 2.75) is 18.5 Å². The summed E-state index contributed by atoms with van der Waals surface area (Å²) in [5, 5.41) is 11.6. The highest BCUT2D eigenvalue weighted by Crippen LogP contribution is 2.32. The third-order valence-electron chi connectivity index (χ3n) is 6.71. The molecule has 11 heteroatoms. The van der Waals surface area contributed by atoms with Crippen molar-refractivity contribution in [3.63, 3.8) is 0 Å². The molecule has 0 saturated carbocycles. The lowest BCUT2D eigenvalue weighted by atomic mass is 10.0. The van der Waals surface area contributed by atoms with Crippen LogP contribution in [0.5, 0.6) is 5.75 Å². The van der Waals surface area contributed by atoms with Crippen LogP contribution in [0.15, 0.2) is 96.2 Å². The second kappa shape index (κ2) is 11.0. The number of ether oxygens (including phenoxy) is 1. The van der Waals surface area contributed by atoms with Crippen LogP contribution < -0.4 is 15.6 Å². The Balaban J connectivity index is 1.36. The summed E-state index contributed by atoms with van der Waals surface area (Å²) in [6.45, 7) is 0.319. The van der Waals surface area contributed by atoms with Crippen molar-refractivity contribution in [2.75, 3.05) is 6.61 Å². The smallest absolute Gasteiger partial charge is 0.254 e. The molecule has 3 heterocycles. The van der Waals surface area contributed by atoms with E-state index in [4.69, 9.17) is 27.9 Å². The summed E-state index contributed by atoms with van der Waals surface area (Å²) in [7, 11) is 0. The normalized spacial score (nSPS) is 14.8. The highest BCUT2D eigenvalue weighted by atomic mass is 35.5. The first-order valence-electron chi connectivity index (χ1n) is 12.5. The largest absolute Gasteiger partial charge is 0.491 e. The molecule has 0 radical (unpaired) electrons. The molecule has 1 aliphatic heterocycles. The van der Waals surface area contributed by atoms with Crippen LogP contribution in [-0.4, -0.2) is 37.1 Å². The number of benzene rings is 3. The number of halogens is 2. The number of nitrogens with zero attached hydrogens (tertiary/aromatic N) is 5. The fourth-order valence-electron chi connectivity index (χ4n) is 4.77. The van der Waals surface area contributed by atoms with E-state index in [9.17, 15) is 9.59 Å². The Kier molecular flexibility index (Phi) is 7.06. The van der Waals surface area contributed by atoms with Crippen LogP contribution in [0.4, 0.5) is 0 Å². The van der Waals surface area contributed by atoms with Crippen molar-refractivity contribution in [2.24, 2.45) is 0 Å². The number of carbonyl (C=O) groups is 1. The molecular formula is C29H22Cl2N6O3. The van der Waals surface area contributed by atoms with Crippen LogP contribution in [0, 0.1) is 0 Å². The lowest BCUT2D eigenvalue weighted by molar-refractivity contribution is -0.125. The number of hydrogen-bond acceptors (Lipinski definition) is 6. The van der Waals surface area contributed by atoms with Crippen molar-refractivity contribution < 1.29 is 9.53 Å². The quantitative estimate of drug-likeness (QED) is 0.299. The molecule has 0 saturated heterocycles. The standard InChI is InChI=1S/C29H22Cl2N6O3/c30-19-10-11-24(37-15-27(31)34-35-37)21(13-19)22-14-28(38)36(17-32-22)25(12-18-6-2-1-3-7-18)29(39)33-23-16-40-26-9-5-4-8-20(23)26/h1-11,13-15,17,23,25H,12,16H2,(H,33,39). The zero-order chi connectivity index (χ0) is 27.6. The van der Waals surface area contributed by atoms with Crippen LogP contribution in [0.25, 0.3) is 16.9 Å². The minimum absolute atomic E-state index is 0.217. The Hall–Kier alpha value is -4.47. The van der Waals surface area contributed by atoms with Gasteiger partial charge in [0.05, 0.1) is 29.9 Å². The van der Waals surface area contributed by atoms with Gasteiger partial charge in [0.2, 0.25) is 5.91 Å². The zero-order valence-corrected chi connectivity index (χ0v) is 22.5. The first-order valence-corrected chi connectivity index (χ1v) is 13.2. The lowest BCUT2D eigenvalue weighted by Gasteiger charge is -2.22. The van der Waals surface area contributed by atoms with Gasteiger partial charge in [-0.25, -0.2) is 9.67 Å². The predicted molar refractivity (Wildman–Crippen MR) is 151 cm³/mol. The molecule has 1 aliphatic rings. The average molecular weight is 573 g/mol. The lowest BCUT2D eigenvalue weighted by Crippen LogP contribution is -2.40. The van der Waals surface area contributed by atoms with E-state index in [1.54, 1.807) is 24.4 Å². The van der Waals surface area contributed by atoms with Crippen LogP contribution in [0.1, 0.15) is 23.2 Å². The molecule has 40 heavy (non-hydrogen) atoms. The molecule has 1 N–H and O–H groups in total. The van der Waals surface area contributed by atoms with E-state index in [0.717, 1.165) is 16.9 Å². The second-order valence-corrected chi connectivity index (χ2v) is 10.1. The molecule has 0 spiro atoms. The summed E-state index contributed by atoms with van der Waals surface area (Å²) in [5.41, 5.74) is 2.92. The molecule has 0 bridgehead atoms. The molecular weight excluding hydrogens is 551 g/mol. The summed E-state index contributed by atoms with van der Waals surface area (Å²) >= 11 is 12.3. The third-order valence-corrected chi connectivity index (χ3v) is 7.12. The Bertz CT molecular complexity index is 1750. The molecule has 0 aliphatic carbocycles. The van der Waals surface area contributed by atoms with Gasteiger partial charge in [-0.05, 0) is 29.8 Å². The Morgan fingerprint density at radius 2 is 1.85 bits per heavy atom. The average Bonchev–Trinajstić information content (AvgIpc) is 3.58. The van der Waals surface area contributed by atoms with E-state index >= 15 is 0 Å². The van der Waals surface area contributed by atoms with E-state index in [0.29, 0.717) is 35.0 Å². The van der Waals surface area contributed by atoms with Crippen LogP contribution in [-0.2, 0) is 11.2 Å². The first-order chi connectivity index (χ1) is 19.5. The fraction of sp³-hybridized carbons (Fsp3) is 0.138.